The molecule has 1 fully saturated rings. The number of hydrogen-bond donors (Lipinski definition) is 1. The van der Waals surface area contributed by atoms with Crippen LogP contribution in [0.15, 0.2) is 66.7 Å². The molecule has 3 amide bonds. The molecule has 0 saturated carbocycles. The SMILES string of the molecule is COc1ccc(NC(=O)COC(=O)[C@H](Cc2ccccc2)N2C(=O)[C@@H]3CC=CC[C@H]3C2=O)cc1. The van der Waals surface area contributed by atoms with Crippen molar-refractivity contribution in [3.8, 4) is 5.75 Å². The van der Waals surface area contributed by atoms with Crippen LogP contribution in [0.3, 0.4) is 0 Å². The van der Waals surface area contributed by atoms with E-state index in [4.69, 9.17) is 9.47 Å². The number of allylic oxidation sites excluding steroid dienone is 2. The zero-order valence-electron chi connectivity index (χ0n) is 18.8. The topological polar surface area (TPSA) is 102 Å². The number of nitrogens with one attached hydrogen (secondary N) is 1. The first-order valence-corrected chi connectivity index (χ1v) is 11.1. The number of methoxy groups -OCH3 is 1. The minimum absolute atomic E-state index is 0.115. The minimum atomic E-state index is -1.14. The van der Waals surface area contributed by atoms with Crippen LogP contribution in [0.2, 0.25) is 0 Å². The van der Waals surface area contributed by atoms with E-state index in [1.54, 1.807) is 31.4 Å². The number of benzene rings is 2. The van der Waals surface area contributed by atoms with Crippen LogP contribution in [0.4, 0.5) is 5.69 Å². The second kappa shape index (κ2) is 10.3. The smallest absolute Gasteiger partial charge is 0.330 e. The molecule has 8 heteroatoms. The van der Waals surface area contributed by atoms with Crippen molar-refractivity contribution in [2.75, 3.05) is 19.0 Å². The van der Waals surface area contributed by atoms with Gasteiger partial charge in [0.1, 0.15) is 11.8 Å². The van der Waals surface area contributed by atoms with Gasteiger partial charge in [-0.3, -0.25) is 19.3 Å². The monoisotopic (exact) mass is 462 g/mol. The van der Waals surface area contributed by atoms with Crippen LogP contribution >= 0.6 is 0 Å². The Morgan fingerprint density at radius 2 is 1.59 bits per heavy atom. The quantitative estimate of drug-likeness (QED) is 0.368. The number of rotatable bonds is 8. The van der Waals surface area contributed by atoms with Gasteiger partial charge < -0.3 is 14.8 Å². The molecule has 0 radical (unpaired) electrons. The summed E-state index contributed by atoms with van der Waals surface area (Å²) >= 11 is 0. The summed E-state index contributed by atoms with van der Waals surface area (Å²) in [6.45, 7) is -0.541. The van der Waals surface area contributed by atoms with Gasteiger partial charge in [-0.1, -0.05) is 42.5 Å². The van der Waals surface area contributed by atoms with E-state index in [2.05, 4.69) is 5.32 Å². The summed E-state index contributed by atoms with van der Waals surface area (Å²) < 4.78 is 10.4. The number of likely N-dealkylation sites (tertiary alicyclic amines) is 1. The van der Waals surface area contributed by atoms with Gasteiger partial charge in [-0.05, 0) is 42.7 Å². The third-order valence-electron chi connectivity index (χ3n) is 6.12. The zero-order valence-corrected chi connectivity index (χ0v) is 18.8. The molecule has 0 aromatic heterocycles. The third-order valence-corrected chi connectivity index (χ3v) is 6.12. The Labute approximate surface area is 197 Å². The van der Waals surface area contributed by atoms with E-state index in [-0.39, 0.29) is 18.2 Å². The molecule has 2 aliphatic rings. The number of ether oxygens (including phenoxy) is 2. The molecule has 0 bridgehead atoms. The Balaban J connectivity index is 1.46. The highest BCUT2D eigenvalue weighted by Crippen LogP contribution is 2.36. The van der Waals surface area contributed by atoms with Gasteiger partial charge in [0.15, 0.2) is 6.61 Å². The number of amides is 3. The Hall–Kier alpha value is -3.94. The molecule has 0 spiro atoms. The van der Waals surface area contributed by atoms with Crippen molar-refractivity contribution in [1.29, 1.82) is 0 Å². The van der Waals surface area contributed by atoms with Crippen LogP contribution in [-0.2, 0) is 30.3 Å². The molecule has 1 heterocycles. The number of fused-ring (bicyclic) bond motifs is 1. The van der Waals surface area contributed by atoms with Gasteiger partial charge in [-0.25, -0.2) is 4.79 Å². The molecule has 4 rings (SSSR count). The Kier molecular flexibility index (Phi) is 7.06. The zero-order chi connectivity index (χ0) is 24.1. The standard InChI is InChI=1S/C26H26N2O6/c1-33-19-13-11-18(12-14-19)27-23(29)16-34-26(32)22(15-17-7-3-2-4-8-17)28-24(30)20-9-5-6-10-21(20)25(28)31/h2-8,11-14,20-22H,9-10,15-16H2,1H3,(H,27,29)/t20-,21-,22+/m1/s1. The summed E-state index contributed by atoms with van der Waals surface area (Å²) in [4.78, 5) is 52.7. The molecule has 34 heavy (non-hydrogen) atoms. The molecule has 0 unspecified atom stereocenters. The fourth-order valence-corrected chi connectivity index (χ4v) is 4.35. The Bertz CT molecular complexity index is 1070. The molecular weight excluding hydrogens is 436 g/mol. The van der Waals surface area contributed by atoms with E-state index < -0.39 is 36.4 Å². The molecule has 8 nitrogen and oxygen atoms in total. The highest BCUT2D eigenvalue weighted by Gasteiger charge is 2.51. The van der Waals surface area contributed by atoms with Crippen molar-refractivity contribution in [2.45, 2.75) is 25.3 Å². The third kappa shape index (κ3) is 5.01. The molecule has 2 aromatic rings. The van der Waals surface area contributed by atoms with Gasteiger partial charge in [0.05, 0.1) is 18.9 Å². The normalized spacial score (nSPS) is 20.0. The lowest BCUT2D eigenvalue weighted by atomic mass is 9.85. The first kappa shape index (κ1) is 23.2. The maximum absolute atomic E-state index is 13.1. The maximum atomic E-state index is 13.1. The van der Waals surface area contributed by atoms with Crippen molar-refractivity contribution in [2.24, 2.45) is 11.8 Å². The molecule has 1 aliphatic heterocycles. The predicted molar refractivity (Wildman–Crippen MR) is 124 cm³/mol. The van der Waals surface area contributed by atoms with Gasteiger partial charge in [0.2, 0.25) is 11.8 Å². The van der Waals surface area contributed by atoms with Gasteiger partial charge in [0, 0.05) is 12.1 Å². The van der Waals surface area contributed by atoms with Crippen molar-refractivity contribution < 1.29 is 28.7 Å². The highest BCUT2D eigenvalue weighted by atomic mass is 16.5. The average Bonchev–Trinajstić information content (AvgIpc) is 3.12. The number of nitrogens with zero attached hydrogens (tertiary/aromatic N) is 1. The van der Waals surface area contributed by atoms with Crippen LogP contribution in [0, 0.1) is 11.8 Å². The van der Waals surface area contributed by atoms with Gasteiger partial charge >= 0.3 is 5.97 Å². The summed E-state index contributed by atoms with van der Waals surface area (Å²) in [7, 11) is 1.54. The van der Waals surface area contributed by atoms with Crippen molar-refractivity contribution in [3.63, 3.8) is 0 Å². The van der Waals surface area contributed by atoms with E-state index in [9.17, 15) is 19.2 Å². The van der Waals surface area contributed by atoms with E-state index >= 15 is 0 Å². The molecule has 1 aliphatic carbocycles. The largest absolute Gasteiger partial charge is 0.497 e. The van der Waals surface area contributed by atoms with E-state index in [0.29, 0.717) is 24.3 Å². The van der Waals surface area contributed by atoms with E-state index in [1.165, 1.54) is 0 Å². The van der Waals surface area contributed by atoms with Crippen molar-refractivity contribution >= 4 is 29.4 Å². The number of anilines is 1. The molecule has 1 N–H and O–H groups in total. The molecule has 176 valence electrons. The highest BCUT2D eigenvalue weighted by molar-refractivity contribution is 6.08. The van der Waals surface area contributed by atoms with E-state index in [0.717, 1.165) is 10.5 Å². The Morgan fingerprint density at radius 1 is 0.971 bits per heavy atom. The minimum Gasteiger partial charge on any atom is -0.497 e. The number of carbonyl (C=O) groups excluding carboxylic acids is 4. The van der Waals surface area contributed by atoms with Gasteiger partial charge in [-0.2, -0.15) is 0 Å². The van der Waals surface area contributed by atoms with Crippen molar-refractivity contribution in [1.82, 2.24) is 4.90 Å². The molecule has 1 saturated heterocycles. The Morgan fingerprint density at radius 3 is 2.18 bits per heavy atom. The summed E-state index contributed by atoms with van der Waals surface area (Å²) in [6, 6.07) is 14.7. The van der Waals surface area contributed by atoms with Crippen LogP contribution < -0.4 is 10.1 Å². The molecule has 3 atom stereocenters. The van der Waals surface area contributed by atoms with Crippen molar-refractivity contribution in [3.05, 3.63) is 72.3 Å². The summed E-state index contributed by atoms with van der Waals surface area (Å²) in [5, 5.41) is 2.64. The van der Waals surface area contributed by atoms with Crippen LogP contribution in [0.25, 0.3) is 0 Å². The lowest BCUT2D eigenvalue weighted by Crippen LogP contribution is -2.48. The summed E-state index contributed by atoms with van der Waals surface area (Å²) in [5.74, 6) is -2.32. The lowest BCUT2D eigenvalue weighted by Gasteiger charge is -2.25. The number of carbonyl (C=O) groups is 4. The first-order chi connectivity index (χ1) is 16.5. The average molecular weight is 463 g/mol. The second-order valence-corrected chi connectivity index (χ2v) is 8.29. The number of imide groups is 1. The molecule has 2 aromatic carbocycles. The number of esters is 1. The summed E-state index contributed by atoms with van der Waals surface area (Å²) in [5.41, 5.74) is 1.30. The first-order valence-electron chi connectivity index (χ1n) is 11.1. The maximum Gasteiger partial charge on any atom is 0.330 e. The van der Waals surface area contributed by atoms with Crippen LogP contribution in [-0.4, -0.2) is 48.3 Å². The van der Waals surface area contributed by atoms with Gasteiger partial charge in [0.25, 0.3) is 5.91 Å². The van der Waals surface area contributed by atoms with E-state index in [1.807, 2.05) is 42.5 Å². The second-order valence-electron chi connectivity index (χ2n) is 8.29. The van der Waals surface area contributed by atoms with Crippen LogP contribution in [0.5, 0.6) is 5.75 Å². The van der Waals surface area contributed by atoms with Gasteiger partial charge in [-0.15, -0.1) is 0 Å². The van der Waals surface area contributed by atoms with Crippen LogP contribution in [0.1, 0.15) is 18.4 Å². The fraction of sp³-hybridized carbons (Fsp3) is 0.308. The molecular formula is C26H26N2O6. The lowest BCUT2D eigenvalue weighted by molar-refractivity contribution is -0.159. The summed E-state index contributed by atoms with van der Waals surface area (Å²) in [6.07, 6.45) is 4.85. The predicted octanol–water partition coefficient (Wildman–Crippen LogP) is 2.74. The number of hydrogen-bond acceptors (Lipinski definition) is 6. The fourth-order valence-electron chi connectivity index (χ4n) is 4.35.